The van der Waals surface area contributed by atoms with Crippen LogP contribution in [0.4, 0.5) is 5.69 Å². The van der Waals surface area contributed by atoms with Crippen LogP contribution in [0.5, 0.6) is 11.5 Å². The summed E-state index contributed by atoms with van der Waals surface area (Å²) in [5.74, 6) is 1.90. The van der Waals surface area contributed by atoms with E-state index in [1.165, 1.54) is 11.8 Å². The molecule has 0 aliphatic carbocycles. The molecule has 3 rings (SSSR count). The lowest BCUT2D eigenvalue weighted by atomic mass is 10.0. The van der Waals surface area contributed by atoms with Gasteiger partial charge >= 0.3 is 0 Å². The predicted molar refractivity (Wildman–Crippen MR) is 120 cm³/mol. The molecule has 2 aromatic rings. The van der Waals surface area contributed by atoms with E-state index in [2.05, 4.69) is 5.32 Å². The van der Waals surface area contributed by atoms with E-state index in [4.69, 9.17) is 9.47 Å². The molecule has 0 bridgehead atoms. The van der Waals surface area contributed by atoms with E-state index in [0.29, 0.717) is 0 Å². The molecule has 7 heteroatoms. The Balaban J connectivity index is 1.54. The van der Waals surface area contributed by atoms with Crippen LogP contribution in [0.15, 0.2) is 42.5 Å². The molecule has 1 N–H and O–H groups in total. The van der Waals surface area contributed by atoms with Gasteiger partial charge in [0, 0.05) is 23.9 Å². The number of anilines is 1. The molecule has 2 aromatic carbocycles. The van der Waals surface area contributed by atoms with Crippen molar-refractivity contribution >= 4 is 29.3 Å². The van der Waals surface area contributed by atoms with Gasteiger partial charge in [-0.05, 0) is 44.0 Å². The van der Waals surface area contributed by atoms with E-state index in [1.54, 1.807) is 14.2 Å². The number of aryl methyl sites for hydroxylation is 1. The molecule has 0 aromatic heterocycles. The summed E-state index contributed by atoms with van der Waals surface area (Å²) >= 11 is 1.34. The van der Waals surface area contributed by atoms with Crippen molar-refractivity contribution in [3.8, 4) is 11.5 Å². The van der Waals surface area contributed by atoms with Gasteiger partial charge in [-0.25, -0.2) is 0 Å². The molecule has 6 nitrogen and oxygen atoms in total. The lowest BCUT2D eigenvalue weighted by Gasteiger charge is -2.26. The van der Waals surface area contributed by atoms with Crippen LogP contribution in [-0.2, 0) is 9.59 Å². The number of carbonyl (C=O) groups is 2. The lowest BCUT2D eigenvalue weighted by molar-refractivity contribution is -0.129. The Morgan fingerprint density at radius 1 is 1.10 bits per heavy atom. The summed E-state index contributed by atoms with van der Waals surface area (Å²) in [6.07, 6.45) is 1.84. The number of hydrogen-bond donors (Lipinski definition) is 1. The SMILES string of the molecule is COc1ccc(C2CCCN2C(=O)CSCC(=O)Nc2ccc(C)cc2)c(OC)c1. The third kappa shape index (κ3) is 5.48. The van der Waals surface area contributed by atoms with Gasteiger partial charge in [0.25, 0.3) is 0 Å². The summed E-state index contributed by atoms with van der Waals surface area (Å²) in [5, 5.41) is 2.86. The van der Waals surface area contributed by atoms with Gasteiger partial charge < -0.3 is 19.7 Å². The van der Waals surface area contributed by atoms with Gasteiger partial charge in [-0.2, -0.15) is 0 Å². The van der Waals surface area contributed by atoms with Gasteiger partial charge in [-0.1, -0.05) is 17.7 Å². The molecule has 160 valence electrons. The minimum Gasteiger partial charge on any atom is -0.497 e. The van der Waals surface area contributed by atoms with Crippen molar-refractivity contribution in [3.05, 3.63) is 53.6 Å². The van der Waals surface area contributed by atoms with Gasteiger partial charge in [-0.15, -0.1) is 11.8 Å². The number of amides is 2. The van der Waals surface area contributed by atoms with Crippen LogP contribution in [0.3, 0.4) is 0 Å². The van der Waals surface area contributed by atoms with Crippen molar-refractivity contribution in [2.75, 3.05) is 37.6 Å². The molecule has 0 spiro atoms. The first kappa shape index (κ1) is 22.0. The highest BCUT2D eigenvalue weighted by Crippen LogP contribution is 2.38. The fourth-order valence-electron chi connectivity index (χ4n) is 3.63. The number of methoxy groups -OCH3 is 2. The van der Waals surface area contributed by atoms with Crippen molar-refractivity contribution in [1.82, 2.24) is 4.90 Å². The largest absolute Gasteiger partial charge is 0.497 e. The zero-order chi connectivity index (χ0) is 21.5. The van der Waals surface area contributed by atoms with Crippen molar-refractivity contribution in [1.29, 1.82) is 0 Å². The molecule has 1 heterocycles. The summed E-state index contributed by atoms with van der Waals surface area (Å²) < 4.78 is 10.8. The molecular formula is C23H28N2O4S. The second-order valence-electron chi connectivity index (χ2n) is 7.26. The van der Waals surface area contributed by atoms with Crippen LogP contribution in [-0.4, -0.2) is 49.0 Å². The van der Waals surface area contributed by atoms with E-state index in [9.17, 15) is 9.59 Å². The highest BCUT2D eigenvalue weighted by molar-refractivity contribution is 8.00. The van der Waals surface area contributed by atoms with Gasteiger partial charge in [-0.3, -0.25) is 9.59 Å². The lowest BCUT2D eigenvalue weighted by Crippen LogP contribution is -2.32. The molecule has 2 amide bonds. The van der Waals surface area contributed by atoms with E-state index >= 15 is 0 Å². The molecule has 1 aliphatic heterocycles. The van der Waals surface area contributed by atoms with Crippen LogP contribution < -0.4 is 14.8 Å². The molecule has 1 unspecified atom stereocenters. The zero-order valence-electron chi connectivity index (χ0n) is 17.6. The normalized spacial score (nSPS) is 15.7. The molecule has 1 saturated heterocycles. The number of ether oxygens (including phenoxy) is 2. The fraction of sp³-hybridized carbons (Fsp3) is 0.391. The second kappa shape index (κ2) is 10.4. The molecule has 1 fully saturated rings. The van der Waals surface area contributed by atoms with E-state index in [-0.39, 0.29) is 29.4 Å². The molecule has 30 heavy (non-hydrogen) atoms. The highest BCUT2D eigenvalue weighted by atomic mass is 32.2. The second-order valence-corrected chi connectivity index (χ2v) is 8.25. The number of benzene rings is 2. The number of nitrogens with zero attached hydrogens (tertiary/aromatic N) is 1. The minimum atomic E-state index is -0.105. The Morgan fingerprint density at radius 3 is 2.57 bits per heavy atom. The number of nitrogens with one attached hydrogen (secondary N) is 1. The monoisotopic (exact) mass is 428 g/mol. The average molecular weight is 429 g/mol. The number of likely N-dealkylation sites (tertiary alicyclic amines) is 1. The number of carbonyl (C=O) groups excluding carboxylic acids is 2. The zero-order valence-corrected chi connectivity index (χ0v) is 18.5. The van der Waals surface area contributed by atoms with Crippen LogP contribution >= 0.6 is 11.8 Å². The van der Waals surface area contributed by atoms with Crippen molar-refractivity contribution in [3.63, 3.8) is 0 Å². The van der Waals surface area contributed by atoms with Gasteiger partial charge in [0.05, 0.1) is 31.8 Å². The summed E-state index contributed by atoms with van der Waals surface area (Å²) in [4.78, 5) is 26.9. The fourth-order valence-corrected chi connectivity index (χ4v) is 4.33. The first-order chi connectivity index (χ1) is 14.5. The van der Waals surface area contributed by atoms with Crippen LogP contribution in [0.2, 0.25) is 0 Å². The molecular weight excluding hydrogens is 400 g/mol. The Bertz CT molecular complexity index is 885. The van der Waals surface area contributed by atoms with Crippen molar-refractivity contribution < 1.29 is 19.1 Å². The van der Waals surface area contributed by atoms with E-state index in [0.717, 1.165) is 47.7 Å². The maximum Gasteiger partial charge on any atom is 0.234 e. The third-order valence-corrected chi connectivity index (χ3v) is 6.08. The number of hydrogen-bond acceptors (Lipinski definition) is 5. The average Bonchev–Trinajstić information content (AvgIpc) is 3.24. The number of thioether (sulfide) groups is 1. The molecule has 1 atom stereocenters. The van der Waals surface area contributed by atoms with Crippen molar-refractivity contribution in [2.45, 2.75) is 25.8 Å². The summed E-state index contributed by atoms with van der Waals surface area (Å²) in [7, 11) is 3.24. The van der Waals surface area contributed by atoms with Gasteiger partial charge in [0.15, 0.2) is 0 Å². The first-order valence-electron chi connectivity index (χ1n) is 9.97. The standard InChI is InChI=1S/C23H28N2O4S/c1-16-6-8-17(9-7-16)24-22(26)14-30-15-23(27)25-12-4-5-20(25)19-11-10-18(28-2)13-21(19)29-3/h6-11,13,20H,4-5,12,14-15H2,1-3H3,(H,24,26). The Hall–Kier alpha value is -2.67. The van der Waals surface area contributed by atoms with Crippen LogP contribution in [0, 0.1) is 6.92 Å². The van der Waals surface area contributed by atoms with Gasteiger partial charge in [0.2, 0.25) is 11.8 Å². The Kier molecular flexibility index (Phi) is 7.63. The Labute approximate surface area is 181 Å². The maximum absolute atomic E-state index is 12.8. The molecule has 1 aliphatic rings. The Morgan fingerprint density at radius 2 is 1.87 bits per heavy atom. The first-order valence-corrected chi connectivity index (χ1v) is 11.1. The van der Waals surface area contributed by atoms with Crippen LogP contribution in [0.1, 0.15) is 30.0 Å². The summed E-state index contributed by atoms with van der Waals surface area (Å²) in [5.41, 5.74) is 2.90. The summed E-state index contributed by atoms with van der Waals surface area (Å²) in [6, 6.07) is 13.3. The smallest absolute Gasteiger partial charge is 0.234 e. The highest BCUT2D eigenvalue weighted by Gasteiger charge is 2.31. The topological polar surface area (TPSA) is 67.9 Å². The summed E-state index contributed by atoms with van der Waals surface area (Å²) in [6.45, 7) is 2.72. The van der Waals surface area contributed by atoms with E-state index in [1.807, 2.05) is 54.3 Å². The van der Waals surface area contributed by atoms with Crippen LogP contribution in [0.25, 0.3) is 0 Å². The van der Waals surface area contributed by atoms with E-state index < -0.39 is 0 Å². The quantitative estimate of drug-likeness (QED) is 0.687. The molecule has 0 saturated carbocycles. The minimum absolute atomic E-state index is 0.0136. The predicted octanol–water partition coefficient (Wildman–Crippen LogP) is 4.05. The number of rotatable bonds is 8. The van der Waals surface area contributed by atoms with Gasteiger partial charge in [0.1, 0.15) is 11.5 Å². The maximum atomic E-state index is 12.8. The molecule has 0 radical (unpaired) electrons. The van der Waals surface area contributed by atoms with Crippen molar-refractivity contribution in [2.24, 2.45) is 0 Å². The third-order valence-electron chi connectivity index (χ3n) is 5.17.